The summed E-state index contributed by atoms with van der Waals surface area (Å²) in [6.45, 7) is 4.32. The van der Waals surface area contributed by atoms with Crippen molar-refractivity contribution in [3.05, 3.63) is 46.0 Å². The van der Waals surface area contributed by atoms with E-state index in [1.165, 1.54) is 24.2 Å². The van der Waals surface area contributed by atoms with Crippen molar-refractivity contribution in [1.29, 1.82) is 0 Å². The van der Waals surface area contributed by atoms with Gasteiger partial charge >= 0.3 is 0 Å². The van der Waals surface area contributed by atoms with Gasteiger partial charge in [0.05, 0.1) is 31.8 Å². The second kappa shape index (κ2) is 8.42. The number of H-pyrrole nitrogens is 1. The maximum atomic E-state index is 13.3. The number of piperidine rings is 1. The van der Waals surface area contributed by atoms with Gasteiger partial charge in [-0.2, -0.15) is 0 Å². The lowest BCUT2D eigenvalue weighted by Crippen LogP contribution is -3.14. The number of methoxy groups -OCH3 is 1. The second-order valence-corrected chi connectivity index (χ2v) is 9.22. The fourth-order valence-electron chi connectivity index (χ4n) is 5.48. The summed E-state index contributed by atoms with van der Waals surface area (Å²) >= 11 is 0. The van der Waals surface area contributed by atoms with Crippen LogP contribution in [0.1, 0.15) is 68.9 Å². The number of likely N-dealkylation sites (tertiary alicyclic amines) is 1. The Morgan fingerprint density at radius 2 is 2.03 bits per heavy atom. The molecule has 1 aliphatic heterocycles. The van der Waals surface area contributed by atoms with Crippen LogP contribution in [0.25, 0.3) is 10.9 Å². The molecule has 5 rings (SSSR count). The zero-order chi connectivity index (χ0) is 21.4. The summed E-state index contributed by atoms with van der Waals surface area (Å²) in [5, 5.41) is 13.9. The normalized spacial score (nSPS) is 23.3. The minimum atomic E-state index is -0.183. The molecule has 0 spiro atoms. The van der Waals surface area contributed by atoms with Crippen LogP contribution in [0.15, 0.2) is 29.1 Å². The molecule has 1 aliphatic carbocycles. The summed E-state index contributed by atoms with van der Waals surface area (Å²) in [4.78, 5) is 17.8. The van der Waals surface area contributed by atoms with Crippen molar-refractivity contribution in [3.63, 3.8) is 0 Å². The first-order chi connectivity index (χ1) is 15.1. The smallest absolute Gasteiger partial charge is 0.258 e. The van der Waals surface area contributed by atoms with Crippen LogP contribution < -0.4 is 15.2 Å². The number of rotatable bonds is 5. The first-order valence-electron chi connectivity index (χ1n) is 11.5. The number of tetrazole rings is 1. The lowest BCUT2D eigenvalue weighted by atomic mass is 9.95. The number of quaternary nitrogens is 1. The van der Waals surface area contributed by atoms with Gasteiger partial charge in [-0.1, -0.05) is 19.8 Å². The second-order valence-electron chi connectivity index (χ2n) is 9.22. The van der Waals surface area contributed by atoms with Gasteiger partial charge in [-0.3, -0.25) is 4.79 Å². The zero-order valence-electron chi connectivity index (χ0n) is 18.3. The molecule has 2 fully saturated rings. The molecule has 8 heteroatoms. The highest BCUT2D eigenvalue weighted by atomic mass is 16.5. The van der Waals surface area contributed by atoms with Gasteiger partial charge in [0, 0.05) is 16.8 Å². The Kier molecular flexibility index (Phi) is 5.48. The highest BCUT2D eigenvalue weighted by molar-refractivity contribution is 5.80. The number of aromatic amines is 1. The Bertz CT molecular complexity index is 1120. The van der Waals surface area contributed by atoms with Gasteiger partial charge in [0.15, 0.2) is 6.04 Å². The van der Waals surface area contributed by atoms with Gasteiger partial charge in [-0.05, 0) is 60.4 Å². The van der Waals surface area contributed by atoms with E-state index >= 15 is 0 Å². The standard InChI is InChI=1S/C23H30N6O2/c1-15-6-5-11-28(14-15)21(22-25-26-27-29(22)17-7-3-4-8-17)19-13-16-12-18(31-2)9-10-20(16)24-23(19)30/h9-10,12-13,15,17,21H,3-8,11,14H2,1-2H3,(H,24,30)/p+1/t15-,21+/m0/s1. The van der Waals surface area contributed by atoms with E-state index in [1.54, 1.807) is 7.11 Å². The van der Waals surface area contributed by atoms with Crippen LogP contribution >= 0.6 is 0 Å². The van der Waals surface area contributed by atoms with Crippen LogP contribution in [0.3, 0.4) is 0 Å². The molecule has 3 aromatic rings. The summed E-state index contributed by atoms with van der Waals surface area (Å²) in [6, 6.07) is 7.90. The molecule has 0 radical (unpaired) electrons. The summed E-state index contributed by atoms with van der Waals surface area (Å²) in [7, 11) is 1.66. The van der Waals surface area contributed by atoms with Crippen LogP contribution in [-0.2, 0) is 0 Å². The van der Waals surface area contributed by atoms with E-state index in [9.17, 15) is 4.79 Å². The Hall–Kier alpha value is -2.74. The first-order valence-corrected chi connectivity index (χ1v) is 11.5. The Labute approximate surface area is 181 Å². The van der Waals surface area contributed by atoms with Crippen LogP contribution in [0.4, 0.5) is 0 Å². The largest absolute Gasteiger partial charge is 0.497 e. The van der Waals surface area contributed by atoms with Crippen molar-refractivity contribution in [3.8, 4) is 5.75 Å². The molecule has 0 amide bonds. The van der Waals surface area contributed by atoms with Crippen LogP contribution in [0, 0.1) is 5.92 Å². The van der Waals surface area contributed by atoms with E-state index in [0.29, 0.717) is 12.0 Å². The quantitative estimate of drug-likeness (QED) is 0.656. The number of aromatic nitrogens is 5. The van der Waals surface area contributed by atoms with Crippen molar-refractivity contribution in [1.82, 2.24) is 25.2 Å². The Balaban J connectivity index is 1.65. The summed E-state index contributed by atoms with van der Waals surface area (Å²) in [5.74, 6) is 2.21. The number of nitrogens with one attached hydrogen (secondary N) is 2. The number of pyridine rings is 1. The predicted molar refractivity (Wildman–Crippen MR) is 117 cm³/mol. The maximum Gasteiger partial charge on any atom is 0.258 e. The number of nitrogens with zero attached hydrogens (tertiary/aromatic N) is 4. The number of ether oxygens (including phenoxy) is 1. The average molecular weight is 424 g/mol. The molecule has 1 unspecified atom stereocenters. The minimum absolute atomic E-state index is 0.0608. The van der Waals surface area contributed by atoms with E-state index in [1.807, 2.05) is 28.9 Å². The fraction of sp³-hybridized carbons (Fsp3) is 0.565. The third-order valence-corrected chi connectivity index (χ3v) is 7.05. The maximum absolute atomic E-state index is 13.3. The molecule has 8 nitrogen and oxygen atoms in total. The van der Waals surface area contributed by atoms with Crippen LogP contribution in [-0.4, -0.2) is 45.4 Å². The van der Waals surface area contributed by atoms with E-state index in [0.717, 1.165) is 60.4 Å². The van der Waals surface area contributed by atoms with Gasteiger partial charge in [-0.25, -0.2) is 4.68 Å². The van der Waals surface area contributed by atoms with Crippen LogP contribution in [0.2, 0.25) is 0 Å². The van der Waals surface area contributed by atoms with E-state index in [4.69, 9.17) is 4.74 Å². The highest BCUT2D eigenvalue weighted by Crippen LogP contribution is 2.31. The molecule has 2 N–H and O–H groups in total. The predicted octanol–water partition coefficient (Wildman–Crippen LogP) is 2.04. The van der Waals surface area contributed by atoms with Gasteiger partial charge in [0.1, 0.15) is 5.75 Å². The van der Waals surface area contributed by atoms with E-state index in [-0.39, 0.29) is 11.6 Å². The molecule has 1 saturated heterocycles. The van der Waals surface area contributed by atoms with Crippen molar-refractivity contribution in [2.45, 2.75) is 57.5 Å². The molecule has 0 bridgehead atoms. The monoisotopic (exact) mass is 423 g/mol. The highest BCUT2D eigenvalue weighted by Gasteiger charge is 2.38. The molecule has 31 heavy (non-hydrogen) atoms. The fourth-order valence-corrected chi connectivity index (χ4v) is 5.48. The van der Waals surface area contributed by atoms with Crippen molar-refractivity contribution in [2.75, 3.05) is 20.2 Å². The van der Waals surface area contributed by atoms with Crippen molar-refractivity contribution >= 4 is 10.9 Å². The molecule has 3 atom stereocenters. The number of fused-ring (bicyclic) bond motifs is 1. The van der Waals surface area contributed by atoms with Gasteiger partial charge < -0.3 is 14.6 Å². The minimum Gasteiger partial charge on any atom is -0.497 e. The Morgan fingerprint density at radius 3 is 2.81 bits per heavy atom. The van der Waals surface area contributed by atoms with Crippen molar-refractivity contribution in [2.24, 2.45) is 5.92 Å². The topological polar surface area (TPSA) is 90.1 Å². The van der Waals surface area contributed by atoms with Gasteiger partial charge in [0.2, 0.25) is 5.82 Å². The van der Waals surface area contributed by atoms with Crippen LogP contribution in [0.5, 0.6) is 5.75 Å². The number of benzene rings is 1. The van der Waals surface area contributed by atoms with Gasteiger partial charge in [0.25, 0.3) is 5.56 Å². The SMILES string of the molecule is COc1ccc2[nH]c(=O)c([C@H](c3nnnn3C3CCCC3)[NH+]3CCC[C@H](C)C3)cc2c1. The molecular weight excluding hydrogens is 392 g/mol. The van der Waals surface area contributed by atoms with E-state index in [2.05, 4.69) is 27.4 Å². The average Bonchev–Trinajstić information content (AvgIpc) is 3.46. The molecular formula is C23H31N6O2+. The lowest BCUT2D eigenvalue weighted by Gasteiger charge is -2.33. The molecule has 164 valence electrons. The molecule has 1 saturated carbocycles. The molecule has 1 aromatic carbocycles. The number of hydrogen-bond donors (Lipinski definition) is 2. The Morgan fingerprint density at radius 1 is 1.19 bits per heavy atom. The van der Waals surface area contributed by atoms with E-state index < -0.39 is 0 Å². The summed E-state index contributed by atoms with van der Waals surface area (Å²) in [5.41, 5.74) is 1.49. The molecule has 2 aliphatic rings. The molecule has 3 heterocycles. The third-order valence-electron chi connectivity index (χ3n) is 7.05. The molecule has 2 aromatic heterocycles. The lowest BCUT2D eigenvalue weighted by molar-refractivity contribution is -0.934. The van der Waals surface area contributed by atoms with Crippen molar-refractivity contribution < 1.29 is 9.64 Å². The zero-order valence-corrected chi connectivity index (χ0v) is 18.3. The van der Waals surface area contributed by atoms with Gasteiger partial charge in [-0.15, -0.1) is 5.10 Å². The summed E-state index contributed by atoms with van der Waals surface area (Å²) < 4.78 is 7.42. The third kappa shape index (κ3) is 3.84. The number of hydrogen-bond acceptors (Lipinski definition) is 5. The first kappa shape index (κ1) is 20.2. The summed E-state index contributed by atoms with van der Waals surface area (Å²) in [6.07, 6.45) is 6.99.